The maximum atomic E-state index is 10.1. The fraction of sp³-hybridized carbons (Fsp3) is 0.176. The number of fused-ring (bicyclic) bond motifs is 1. The lowest BCUT2D eigenvalue weighted by molar-refractivity contribution is 0.478. The van der Waals surface area contributed by atoms with Gasteiger partial charge in [-0.25, -0.2) is 0 Å². The van der Waals surface area contributed by atoms with Crippen LogP contribution in [0.25, 0.3) is 5.76 Å². The van der Waals surface area contributed by atoms with Gasteiger partial charge in [-0.3, -0.25) is 0 Å². The van der Waals surface area contributed by atoms with Crippen LogP contribution in [-0.2, 0) is 0 Å². The molecule has 1 unspecified atom stereocenters. The highest BCUT2D eigenvalue weighted by Crippen LogP contribution is 2.35. The molecule has 0 saturated heterocycles. The number of anilines is 1. The summed E-state index contributed by atoms with van der Waals surface area (Å²) in [6, 6.07) is 13.1. The van der Waals surface area contributed by atoms with Crippen molar-refractivity contribution in [3.05, 3.63) is 59.1 Å². The Balaban J connectivity index is 1.92. The summed E-state index contributed by atoms with van der Waals surface area (Å²) in [5.74, 6) is 1.68. The number of hydrogen-bond acceptors (Lipinski definition) is 3. The van der Waals surface area contributed by atoms with E-state index in [4.69, 9.17) is 16.3 Å². The van der Waals surface area contributed by atoms with E-state index in [1.54, 1.807) is 12.1 Å². The molecule has 1 aliphatic heterocycles. The van der Waals surface area contributed by atoms with Crippen LogP contribution in [0, 0.1) is 0 Å². The minimum absolute atomic E-state index is 0.167. The van der Waals surface area contributed by atoms with Crippen molar-refractivity contribution in [2.24, 2.45) is 0 Å². The van der Waals surface area contributed by atoms with Gasteiger partial charge in [0.25, 0.3) is 0 Å². The van der Waals surface area contributed by atoms with E-state index in [-0.39, 0.29) is 11.8 Å². The second-order valence-corrected chi connectivity index (χ2v) is 5.57. The molecule has 0 radical (unpaired) electrons. The normalized spacial score (nSPS) is 17.2. The molecule has 0 spiro atoms. The lowest BCUT2D eigenvalue weighted by atomic mass is 10.0. The third kappa shape index (κ3) is 2.69. The van der Waals surface area contributed by atoms with E-state index >= 15 is 0 Å². The van der Waals surface area contributed by atoms with Crippen LogP contribution < -0.4 is 9.64 Å². The second kappa shape index (κ2) is 5.34. The Morgan fingerprint density at radius 2 is 1.76 bits per heavy atom. The van der Waals surface area contributed by atoms with Gasteiger partial charge < -0.3 is 14.7 Å². The lowest BCUT2D eigenvalue weighted by Crippen LogP contribution is -2.30. The number of nitrogens with zero attached hydrogens (tertiary/aromatic N) is 1. The minimum atomic E-state index is 0.167. The van der Waals surface area contributed by atoms with Crippen LogP contribution >= 0.6 is 11.6 Å². The van der Waals surface area contributed by atoms with Crippen molar-refractivity contribution in [3.63, 3.8) is 0 Å². The van der Waals surface area contributed by atoms with E-state index in [0.29, 0.717) is 16.5 Å². The third-order valence-electron chi connectivity index (χ3n) is 3.68. The SMILES string of the molecule is CC1C=C(O)c2cc(Oc3ccc(Cl)cc3)ccc2N1C. The van der Waals surface area contributed by atoms with Crippen LogP contribution in [0.15, 0.2) is 48.5 Å². The Hall–Kier alpha value is -2.13. The van der Waals surface area contributed by atoms with Gasteiger partial charge in [0.15, 0.2) is 0 Å². The Morgan fingerprint density at radius 1 is 1.10 bits per heavy atom. The van der Waals surface area contributed by atoms with Crippen LogP contribution in [0.2, 0.25) is 5.02 Å². The molecular formula is C17H16ClNO2. The standard InChI is InChI=1S/C17H16ClNO2/c1-11-9-17(20)15-10-14(7-8-16(15)19(11)2)21-13-5-3-12(18)4-6-13/h3-11,20H,1-2H3. The topological polar surface area (TPSA) is 32.7 Å². The first kappa shape index (κ1) is 13.8. The summed E-state index contributed by atoms with van der Waals surface area (Å²) in [7, 11) is 2.01. The summed E-state index contributed by atoms with van der Waals surface area (Å²) in [5, 5.41) is 10.8. The maximum Gasteiger partial charge on any atom is 0.128 e. The van der Waals surface area contributed by atoms with Crippen molar-refractivity contribution in [1.82, 2.24) is 0 Å². The number of rotatable bonds is 2. The zero-order chi connectivity index (χ0) is 15.0. The summed E-state index contributed by atoms with van der Waals surface area (Å²) in [5.41, 5.74) is 1.77. The molecule has 0 amide bonds. The number of benzene rings is 2. The molecule has 3 rings (SSSR count). The number of aliphatic hydroxyl groups is 1. The number of likely N-dealkylation sites (N-methyl/N-ethyl adjacent to an activating group) is 1. The Kier molecular flexibility index (Phi) is 3.52. The van der Waals surface area contributed by atoms with E-state index in [9.17, 15) is 5.11 Å². The van der Waals surface area contributed by atoms with Gasteiger partial charge in [-0.2, -0.15) is 0 Å². The lowest BCUT2D eigenvalue weighted by Gasteiger charge is -2.31. The molecule has 0 aromatic heterocycles. The van der Waals surface area contributed by atoms with Gasteiger partial charge in [-0.05, 0) is 55.5 Å². The molecule has 1 aliphatic rings. The average Bonchev–Trinajstić information content (AvgIpc) is 2.47. The summed E-state index contributed by atoms with van der Waals surface area (Å²) in [6.45, 7) is 2.04. The van der Waals surface area contributed by atoms with Gasteiger partial charge in [0, 0.05) is 29.4 Å². The maximum absolute atomic E-state index is 10.1. The van der Waals surface area contributed by atoms with E-state index < -0.39 is 0 Å². The van der Waals surface area contributed by atoms with E-state index in [1.165, 1.54) is 0 Å². The monoisotopic (exact) mass is 301 g/mol. The van der Waals surface area contributed by atoms with Crippen molar-refractivity contribution in [3.8, 4) is 11.5 Å². The molecule has 2 aromatic carbocycles. The Bertz CT molecular complexity index is 694. The molecule has 1 N–H and O–H groups in total. The Labute approximate surface area is 129 Å². The molecule has 0 saturated carbocycles. The zero-order valence-corrected chi connectivity index (χ0v) is 12.6. The van der Waals surface area contributed by atoms with Crippen molar-refractivity contribution in [2.45, 2.75) is 13.0 Å². The first-order valence-electron chi connectivity index (χ1n) is 6.76. The predicted molar refractivity (Wildman–Crippen MR) is 86.4 cm³/mol. The molecule has 2 aromatic rings. The van der Waals surface area contributed by atoms with Crippen molar-refractivity contribution in [2.75, 3.05) is 11.9 Å². The summed E-state index contributed by atoms with van der Waals surface area (Å²) < 4.78 is 5.79. The number of aliphatic hydroxyl groups excluding tert-OH is 1. The largest absolute Gasteiger partial charge is 0.508 e. The second-order valence-electron chi connectivity index (χ2n) is 5.14. The predicted octanol–water partition coefficient (Wildman–Crippen LogP) is 4.87. The summed E-state index contributed by atoms with van der Waals surface area (Å²) in [6.07, 6.45) is 1.83. The van der Waals surface area contributed by atoms with E-state index in [2.05, 4.69) is 4.90 Å². The number of ether oxygens (including phenoxy) is 1. The summed E-state index contributed by atoms with van der Waals surface area (Å²) >= 11 is 5.86. The van der Waals surface area contributed by atoms with Gasteiger partial charge in [0.05, 0.1) is 0 Å². The molecule has 21 heavy (non-hydrogen) atoms. The van der Waals surface area contributed by atoms with Gasteiger partial charge in [-0.1, -0.05) is 11.6 Å². The molecule has 108 valence electrons. The fourth-order valence-corrected chi connectivity index (χ4v) is 2.51. The molecule has 0 bridgehead atoms. The van der Waals surface area contributed by atoms with E-state index in [1.807, 2.05) is 50.4 Å². The summed E-state index contributed by atoms with van der Waals surface area (Å²) in [4.78, 5) is 2.11. The van der Waals surface area contributed by atoms with Crippen molar-refractivity contribution < 1.29 is 9.84 Å². The molecule has 0 aliphatic carbocycles. The molecule has 1 heterocycles. The number of halogens is 1. The van der Waals surface area contributed by atoms with Gasteiger partial charge >= 0.3 is 0 Å². The molecule has 3 nitrogen and oxygen atoms in total. The van der Waals surface area contributed by atoms with Crippen LogP contribution in [0.3, 0.4) is 0 Å². The van der Waals surface area contributed by atoms with Crippen LogP contribution in [-0.4, -0.2) is 18.2 Å². The first-order valence-corrected chi connectivity index (χ1v) is 7.14. The fourth-order valence-electron chi connectivity index (χ4n) is 2.38. The van der Waals surface area contributed by atoms with Gasteiger partial charge in [0.1, 0.15) is 17.3 Å². The average molecular weight is 302 g/mol. The first-order chi connectivity index (χ1) is 10.0. The smallest absolute Gasteiger partial charge is 0.128 e. The molecular weight excluding hydrogens is 286 g/mol. The van der Waals surface area contributed by atoms with E-state index in [0.717, 1.165) is 11.3 Å². The van der Waals surface area contributed by atoms with Crippen molar-refractivity contribution in [1.29, 1.82) is 0 Å². The highest BCUT2D eigenvalue weighted by Gasteiger charge is 2.21. The highest BCUT2D eigenvalue weighted by atomic mass is 35.5. The van der Waals surface area contributed by atoms with Crippen LogP contribution in [0.1, 0.15) is 12.5 Å². The number of hydrogen-bond donors (Lipinski definition) is 1. The molecule has 0 fully saturated rings. The quantitative estimate of drug-likeness (QED) is 0.859. The van der Waals surface area contributed by atoms with Crippen LogP contribution in [0.4, 0.5) is 5.69 Å². The van der Waals surface area contributed by atoms with Crippen molar-refractivity contribution >= 4 is 23.0 Å². The molecule has 1 atom stereocenters. The third-order valence-corrected chi connectivity index (χ3v) is 3.94. The molecule has 4 heteroatoms. The van der Waals surface area contributed by atoms with Gasteiger partial charge in [-0.15, -0.1) is 0 Å². The van der Waals surface area contributed by atoms with Crippen LogP contribution in [0.5, 0.6) is 11.5 Å². The minimum Gasteiger partial charge on any atom is -0.508 e. The highest BCUT2D eigenvalue weighted by molar-refractivity contribution is 6.30. The van der Waals surface area contributed by atoms with Gasteiger partial charge in [0.2, 0.25) is 0 Å². The Morgan fingerprint density at radius 3 is 2.48 bits per heavy atom. The zero-order valence-electron chi connectivity index (χ0n) is 11.9.